The van der Waals surface area contributed by atoms with Crippen molar-refractivity contribution in [1.29, 1.82) is 0 Å². The Labute approximate surface area is 96.5 Å². The summed E-state index contributed by atoms with van der Waals surface area (Å²) in [6.45, 7) is 5.96. The molecule has 5 nitrogen and oxygen atoms in total. The Hall–Kier alpha value is -0.620. The topological polar surface area (TPSA) is 74.7 Å². The average Bonchev–Trinajstić information content (AvgIpc) is 2.37. The minimum absolute atomic E-state index is 0.00655. The number of carboxylic acids is 1. The van der Waals surface area contributed by atoms with Crippen LogP contribution in [0.3, 0.4) is 0 Å². The zero-order chi connectivity index (χ0) is 12.6. The molecule has 1 N–H and O–H groups in total. The van der Waals surface area contributed by atoms with Crippen LogP contribution in [0.15, 0.2) is 0 Å². The molecule has 1 aliphatic heterocycles. The van der Waals surface area contributed by atoms with E-state index in [-0.39, 0.29) is 18.1 Å². The van der Waals surface area contributed by atoms with E-state index < -0.39 is 21.5 Å². The van der Waals surface area contributed by atoms with Gasteiger partial charge in [0.2, 0.25) is 10.0 Å². The Bertz CT molecular complexity index is 374. The van der Waals surface area contributed by atoms with E-state index in [2.05, 4.69) is 0 Å². The molecule has 1 saturated heterocycles. The van der Waals surface area contributed by atoms with Crippen LogP contribution in [0.2, 0.25) is 0 Å². The van der Waals surface area contributed by atoms with Crippen molar-refractivity contribution < 1.29 is 18.3 Å². The van der Waals surface area contributed by atoms with Crippen molar-refractivity contribution in [2.24, 2.45) is 5.92 Å². The van der Waals surface area contributed by atoms with Gasteiger partial charge in [0, 0.05) is 18.5 Å². The Morgan fingerprint density at radius 1 is 1.50 bits per heavy atom. The monoisotopic (exact) mass is 249 g/mol. The molecule has 0 spiro atoms. The van der Waals surface area contributed by atoms with Crippen LogP contribution >= 0.6 is 0 Å². The number of aliphatic carboxylic acids is 1. The first-order valence-electron chi connectivity index (χ1n) is 5.37. The minimum Gasteiger partial charge on any atom is -0.481 e. The van der Waals surface area contributed by atoms with E-state index in [1.165, 1.54) is 4.31 Å². The smallest absolute Gasteiger partial charge is 0.303 e. The molecule has 1 rings (SSSR count). The lowest BCUT2D eigenvalue weighted by Gasteiger charge is -2.33. The van der Waals surface area contributed by atoms with Crippen LogP contribution in [0.5, 0.6) is 0 Å². The van der Waals surface area contributed by atoms with Crippen molar-refractivity contribution in [1.82, 2.24) is 4.31 Å². The maximum absolute atomic E-state index is 11.8. The van der Waals surface area contributed by atoms with Gasteiger partial charge >= 0.3 is 5.97 Å². The first-order chi connectivity index (χ1) is 7.15. The third-order valence-electron chi connectivity index (χ3n) is 2.93. The summed E-state index contributed by atoms with van der Waals surface area (Å²) in [7, 11) is -3.20. The van der Waals surface area contributed by atoms with Crippen molar-refractivity contribution in [3.05, 3.63) is 0 Å². The van der Waals surface area contributed by atoms with Crippen LogP contribution in [-0.4, -0.2) is 41.6 Å². The number of hydrogen-bond donors (Lipinski definition) is 1. The molecular formula is C10H19NO4S. The van der Waals surface area contributed by atoms with E-state index in [4.69, 9.17) is 5.11 Å². The summed E-state index contributed by atoms with van der Waals surface area (Å²) in [6, 6.07) is 0. The van der Waals surface area contributed by atoms with E-state index >= 15 is 0 Å². The molecule has 0 bridgehead atoms. The molecule has 0 aromatic carbocycles. The Morgan fingerprint density at radius 2 is 2.06 bits per heavy atom. The highest BCUT2D eigenvalue weighted by atomic mass is 32.2. The molecule has 6 heteroatoms. The van der Waals surface area contributed by atoms with Crippen molar-refractivity contribution in [3.8, 4) is 0 Å². The molecule has 1 atom stereocenters. The number of sulfonamides is 1. The predicted octanol–water partition coefficient (Wildman–Crippen LogP) is 0.911. The molecule has 94 valence electrons. The molecule has 1 heterocycles. The first-order valence-corrected chi connectivity index (χ1v) is 6.98. The molecule has 0 aromatic heterocycles. The SMILES string of the molecule is CC1CN(C(C)(C)CCC(=O)O)S(=O)(=O)C1. The molecular weight excluding hydrogens is 230 g/mol. The fourth-order valence-electron chi connectivity index (χ4n) is 2.06. The van der Waals surface area contributed by atoms with E-state index in [1.807, 2.05) is 6.92 Å². The lowest BCUT2D eigenvalue weighted by molar-refractivity contribution is -0.137. The normalized spacial score (nSPS) is 25.8. The lowest BCUT2D eigenvalue weighted by Crippen LogP contribution is -2.45. The van der Waals surface area contributed by atoms with Gasteiger partial charge in [0.05, 0.1) is 5.75 Å². The summed E-state index contributed by atoms with van der Waals surface area (Å²) in [6.07, 6.45) is 0.335. The number of carbonyl (C=O) groups is 1. The summed E-state index contributed by atoms with van der Waals surface area (Å²) in [5, 5.41) is 8.63. The minimum atomic E-state index is -3.20. The van der Waals surface area contributed by atoms with E-state index in [9.17, 15) is 13.2 Å². The molecule has 0 aliphatic carbocycles. The third kappa shape index (κ3) is 2.95. The zero-order valence-corrected chi connectivity index (χ0v) is 10.7. The molecule has 0 amide bonds. The number of carboxylic acid groups (broad SMARTS) is 1. The highest BCUT2D eigenvalue weighted by molar-refractivity contribution is 7.89. The van der Waals surface area contributed by atoms with Gasteiger partial charge in [0.1, 0.15) is 0 Å². The van der Waals surface area contributed by atoms with E-state index in [0.29, 0.717) is 13.0 Å². The lowest BCUT2D eigenvalue weighted by atomic mass is 9.97. The number of nitrogens with zero attached hydrogens (tertiary/aromatic N) is 1. The number of hydrogen-bond acceptors (Lipinski definition) is 3. The standard InChI is InChI=1S/C10H19NO4S/c1-8-6-11(16(14,15)7-8)10(2,3)5-4-9(12)13/h8H,4-7H2,1-3H3,(H,12,13). The summed E-state index contributed by atoms with van der Waals surface area (Å²) >= 11 is 0. The average molecular weight is 249 g/mol. The van der Waals surface area contributed by atoms with Crippen LogP contribution in [0.25, 0.3) is 0 Å². The first kappa shape index (κ1) is 13.4. The second-order valence-corrected chi connectivity index (χ2v) is 7.06. The fourth-order valence-corrected chi connectivity index (χ4v) is 4.39. The van der Waals surface area contributed by atoms with E-state index in [1.54, 1.807) is 13.8 Å². The largest absolute Gasteiger partial charge is 0.481 e. The van der Waals surface area contributed by atoms with Gasteiger partial charge in [-0.1, -0.05) is 6.92 Å². The van der Waals surface area contributed by atoms with Gasteiger partial charge in [-0.15, -0.1) is 0 Å². The molecule has 1 fully saturated rings. The number of rotatable bonds is 4. The Balaban J connectivity index is 2.79. The van der Waals surface area contributed by atoms with Crippen LogP contribution in [0.1, 0.15) is 33.6 Å². The summed E-state index contributed by atoms with van der Waals surface area (Å²) in [4.78, 5) is 10.5. The van der Waals surface area contributed by atoms with Crippen LogP contribution in [0.4, 0.5) is 0 Å². The van der Waals surface area contributed by atoms with Crippen LogP contribution in [0, 0.1) is 5.92 Å². The van der Waals surface area contributed by atoms with Crippen molar-refractivity contribution >= 4 is 16.0 Å². The Kier molecular flexibility index (Phi) is 3.64. The molecule has 0 saturated carbocycles. The van der Waals surface area contributed by atoms with Crippen molar-refractivity contribution in [2.75, 3.05) is 12.3 Å². The maximum Gasteiger partial charge on any atom is 0.303 e. The van der Waals surface area contributed by atoms with Gasteiger partial charge in [-0.3, -0.25) is 4.79 Å². The summed E-state index contributed by atoms with van der Waals surface area (Å²) in [5.74, 6) is -0.601. The van der Waals surface area contributed by atoms with Crippen LogP contribution in [-0.2, 0) is 14.8 Å². The fraction of sp³-hybridized carbons (Fsp3) is 0.900. The van der Waals surface area contributed by atoms with Crippen molar-refractivity contribution in [3.63, 3.8) is 0 Å². The van der Waals surface area contributed by atoms with Crippen LogP contribution < -0.4 is 0 Å². The quantitative estimate of drug-likeness (QED) is 0.803. The second kappa shape index (κ2) is 4.33. The van der Waals surface area contributed by atoms with Gasteiger partial charge in [-0.25, -0.2) is 8.42 Å². The molecule has 1 unspecified atom stereocenters. The predicted molar refractivity (Wildman–Crippen MR) is 60.6 cm³/mol. The highest BCUT2D eigenvalue weighted by Gasteiger charge is 2.42. The van der Waals surface area contributed by atoms with Crippen molar-refractivity contribution in [2.45, 2.75) is 39.2 Å². The Morgan fingerprint density at radius 3 is 2.44 bits per heavy atom. The third-order valence-corrected chi connectivity index (χ3v) is 5.24. The van der Waals surface area contributed by atoms with E-state index in [0.717, 1.165) is 0 Å². The molecule has 1 aliphatic rings. The molecule has 0 radical (unpaired) electrons. The van der Waals surface area contributed by atoms with Gasteiger partial charge < -0.3 is 5.11 Å². The van der Waals surface area contributed by atoms with Gasteiger partial charge in [-0.05, 0) is 26.2 Å². The second-order valence-electron chi connectivity index (χ2n) is 5.12. The summed E-state index contributed by atoms with van der Waals surface area (Å²) < 4.78 is 25.1. The molecule has 16 heavy (non-hydrogen) atoms. The van der Waals surface area contributed by atoms with Gasteiger partial charge in [0.25, 0.3) is 0 Å². The van der Waals surface area contributed by atoms with Gasteiger partial charge in [-0.2, -0.15) is 4.31 Å². The zero-order valence-electron chi connectivity index (χ0n) is 9.93. The highest BCUT2D eigenvalue weighted by Crippen LogP contribution is 2.30. The molecule has 0 aromatic rings. The maximum atomic E-state index is 11.8. The summed E-state index contributed by atoms with van der Waals surface area (Å²) in [5.41, 5.74) is -0.609. The van der Waals surface area contributed by atoms with Gasteiger partial charge in [0.15, 0.2) is 0 Å².